The van der Waals surface area contributed by atoms with Gasteiger partial charge in [0.2, 0.25) is 0 Å². The molecule has 0 aromatic rings. The summed E-state index contributed by atoms with van der Waals surface area (Å²) in [7, 11) is 0. The number of nitriles is 1. The summed E-state index contributed by atoms with van der Waals surface area (Å²) in [5, 5.41) is 11.9. The van der Waals surface area contributed by atoms with Crippen LogP contribution in [0, 0.1) is 16.7 Å². The largest absolute Gasteiger partial charge is 0.317 e. The molecule has 0 unspecified atom stereocenters. The summed E-state index contributed by atoms with van der Waals surface area (Å²) in [6, 6.07) is 2.34. The molecule has 1 N–H and O–H groups in total. The predicted octanol–water partition coefficient (Wildman–Crippen LogP) is 0.900. The van der Waals surface area contributed by atoms with Gasteiger partial charge in [-0.25, -0.2) is 0 Å². The van der Waals surface area contributed by atoms with Crippen molar-refractivity contribution in [2.24, 2.45) is 5.41 Å². The van der Waals surface area contributed by atoms with Crippen LogP contribution < -0.4 is 5.32 Å². The van der Waals surface area contributed by atoms with Gasteiger partial charge in [-0.1, -0.05) is 0 Å². The van der Waals surface area contributed by atoms with E-state index in [0.29, 0.717) is 0 Å². The first-order chi connectivity index (χ1) is 4.27. The summed E-state index contributed by atoms with van der Waals surface area (Å²) in [6.07, 6.45) is 2.01. The Morgan fingerprint density at radius 3 is 2.33 bits per heavy atom. The average molecular weight is 124 g/mol. The van der Waals surface area contributed by atoms with E-state index in [1.165, 1.54) is 0 Å². The smallest absolute Gasteiger partial charge is 0.0687 e. The molecule has 0 saturated carbocycles. The lowest BCUT2D eigenvalue weighted by Gasteiger charge is -2.26. The number of rotatable bonds is 0. The molecule has 0 amide bonds. The highest BCUT2D eigenvalue weighted by Gasteiger charge is 2.25. The van der Waals surface area contributed by atoms with E-state index in [4.69, 9.17) is 5.26 Å². The summed E-state index contributed by atoms with van der Waals surface area (Å²) < 4.78 is 0. The normalized spacial score (nSPS) is 24.9. The van der Waals surface area contributed by atoms with Gasteiger partial charge in [-0.3, -0.25) is 0 Å². The lowest BCUT2D eigenvalue weighted by Crippen LogP contribution is -2.33. The second-order valence-corrected chi connectivity index (χ2v) is 2.92. The van der Waals surface area contributed by atoms with E-state index in [2.05, 4.69) is 11.4 Å². The van der Waals surface area contributed by atoms with Crippen LogP contribution in [0.15, 0.2) is 0 Å². The number of piperidine rings is 1. The molecule has 0 bridgehead atoms. The Morgan fingerprint density at radius 1 is 1.44 bits per heavy atom. The Hall–Kier alpha value is -0.550. The highest BCUT2D eigenvalue weighted by atomic mass is 14.9. The zero-order valence-corrected chi connectivity index (χ0v) is 5.78. The number of nitrogens with one attached hydrogen (secondary N) is 1. The highest BCUT2D eigenvalue weighted by Crippen LogP contribution is 2.25. The molecule has 1 aliphatic rings. The Balaban J connectivity index is 2.49. The monoisotopic (exact) mass is 124 g/mol. The molecule has 0 aliphatic carbocycles. The van der Waals surface area contributed by atoms with Crippen LogP contribution in [0.2, 0.25) is 0 Å². The number of hydrogen-bond acceptors (Lipinski definition) is 2. The first-order valence-corrected chi connectivity index (χ1v) is 3.39. The van der Waals surface area contributed by atoms with Crippen LogP contribution in [0.3, 0.4) is 0 Å². The van der Waals surface area contributed by atoms with E-state index in [1.54, 1.807) is 0 Å². The predicted molar refractivity (Wildman–Crippen MR) is 35.8 cm³/mol. The maximum atomic E-state index is 8.67. The molecule has 0 radical (unpaired) electrons. The quantitative estimate of drug-likeness (QED) is 0.520. The van der Waals surface area contributed by atoms with Gasteiger partial charge in [0.1, 0.15) is 0 Å². The van der Waals surface area contributed by atoms with Crippen LogP contribution >= 0.6 is 0 Å². The van der Waals surface area contributed by atoms with Crippen molar-refractivity contribution in [3.8, 4) is 6.07 Å². The molecule has 1 heterocycles. The lowest BCUT2D eigenvalue weighted by molar-refractivity contribution is 0.312. The van der Waals surface area contributed by atoms with Crippen molar-refractivity contribution in [3.05, 3.63) is 0 Å². The first kappa shape index (κ1) is 6.57. The fraction of sp³-hybridized carbons (Fsp3) is 0.857. The van der Waals surface area contributed by atoms with E-state index < -0.39 is 0 Å². The first-order valence-electron chi connectivity index (χ1n) is 3.39. The maximum absolute atomic E-state index is 8.67. The Kier molecular flexibility index (Phi) is 1.73. The van der Waals surface area contributed by atoms with Crippen molar-refractivity contribution in [1.82, 2.24) is 5.32 Å². The van der Waals surface area contributed by atoms with Crippen molar-refractivity contribution in [1.29, 1.82) is 5.26 Å². The lowest BCUT2D eigenvalue weighted by atomic mass is 9.83. The molecule has 9 heavy (non-hydrogen) atoms. The molecule has 2 nitrogen and oxygen atoms in total. The van der Waals surface area contributed by atoms with Crippen molar-refractivity contribution in [2.75, 3.05) is 13.1 Å². The second kappa shape index (κ2) is 2.36. The zero-order valence-electron chi connectivity index (χ0n) is 5.78. The van der Waals surface area contributed by atoms with Gasteiger partial charge in [0.15, 0.2) is 0 Å². The summed E-state index contributed by atoms with van der Waals surface area (Å²) >= 11 is 0. The molecule has 1 rings (SSSR count). The van der Waals surface area contributed by atoms with Crippen molar-refractivity contribution >= 4 is 0 Å². The van der Waals surface area contributed by atoms with E-state index in [-0.39, 0.29) is 5.41 Å². The molecule has 0 aromatic carbocycles. The van der Waals surface area contributed by atoms with E-state index in [9.17, 15) is 0 Å². The third-order valence-electron chi connectivity index (χ3n) is 1.98. The molecule has 0 atom stereocenters. The molecule has 1 fully saturated rings. The molecular weight excluding hydrogens is 112 g/mol. The molecule has 1 saturated heterocycles. The van der Waals surface area contributed by atoms with Gasteiger partial charge in [-0.05, 0) is 32.9 Å². The van der Waals surface area contributed by atoms with Crippen molar-refractivity contribution in [3.63, 3.8) is 0 Å². The van der Waals surface area contributed by atoms with Gasteiger partial charge in [0.05, 0.1) is 11.5 Å². The fourth-order valence-corrected chi connectivity index (χ4v) is 1.09. The minimum absolute atomic E-state index is 0.0365. The summed E-state index contributed by atoms with van der Waals surface area (Å²) in [5.74, 6) is 0. The van der Waals surface area contributed by atoms with Gasteiger partial charge in [-0.15, -0.1) is 0 Å². The maximum Gasteiger partial charge on any atom is 0.0687 e. The summed E-state index contributed by atoms with van der Waals surface area (Å²) in [5.41, 5.74) is -0.0365. The highest BCUT2D eigenvalue weighted by molar-refractivity contribution is 4.97. The SMILES string of the molecule is CC1(C#N)CCNCC1. The second-order valence-electron chi connectivity index (χ2n) is 2.92. The van der Waals surface area contributed by atoms with Gasteiger partial charge in [-0.2, -0.15) is 5.26 Å². The van der Waals surface area contributed by atoms with E-state index in [0.717, 1.165) is 25.9 Å². The van der Waals surface area contributed by atoms with Crippen LogP contribution in [0.5, 0.6) is 0 Å². The van der Waals surface area contributed by atoms with Crippen LogP contribution in [0.1, 0.15) is 19.8 Å². The Labute approximate surface area is 55.9 Å². The molecule has 50 valence electrons. The zero-order chi connectivity index (χ0) is 6.74. The van der Waals surface area contributed by atoms with Gasteiger partial charge in [0, 0.05) is 0 Å². The molecular formula is C7H12N2. The number of hydrogen-bond donors (Lipinski definition) is 1. The van der Waals surface area contributed by atoms with Crippen LogP contribution in [-0.2, 0) is 0 Å². The standard InChI is InChI=1S/C7H12N2/c1-7(6-8)2-4-9-5-3-7/h9H,2-5H2,1H3. The summed E-state index contributed by atoms with van der Waals surface area (Å²) in [4.78, 5) is 0. The van der Waals surface area contributed by atoms with Crippen LogP contribution in [-0.4, -0.2) is 13.1 Å². The van der Waals surface area contributed by atoms with Crippen LogP contribution in [0.4, 0.5) is 0 Å². The third-order valence-corrected chi connectivity index (χ3v) is 1.98. The van der Waals surface area contributed by atoms with E-state index in [1.807, 2.05) is 6.92 Å². The Bertz CT molecular complexity index is 128. The minimum atomic E-state index is -0.0365. The average Bonchev–Trinajstić information content (AvgIpc) is 1.90. The summed E-state index contributed by atoms with van der Waals surface area (Å²) in [6.45, 7) is 4.04. The minimum Gasteiger partial charge on any atom is -0.317 e. The molecule has 2 heteroatoms. The fourth-order valence-electron chi connectivity index (χ4n) is 1.09. The third kappa shape index (κ3) is 1.43. The van der Waals surface area contributed by atoms with Gasteiger partial charge >= 0.3 is 0 Å². The van der Waals surface area contributed by atoms with Crippen molar-refractivity contribution < 1.29 is 0 Å². The van der Waals surface area contributed by atoms with Crippen molar-refractivity contribution in [2.45, 2.75) is 19.8 Å². The molecule has 1 aliphatic heterocycles. The van der Waals surface area contributed by atoms with Gasteiger partial charge in [0.25, 0.3) is 0 Å². The topological polar surface area (TPSA) is 35.8 Å². The number of nitrogens with zero attached hydrogens (tertiary/aromatic N) is 1. The van der Waals surface area contributed by atoms with Gasteiger partial charge < -0.3 is 5.32 Å². The van der Waals surface area contributed by atoms with Crippen LogP contribution in [0.25, 0.3) is 0 Å². The molecule has 0 spiro atoms. The Morgan fingerprint density at radius 2 is 2.00 bits per heavy atom. The van der Waals surface area contributed by atoms with E-state index >= 15 is 0 Å². The molecule has 0 aromatic heterocycles.